The van der Waals surface area contributed by atoms with Crippen molar-refractivity contribution in [2.75, 3.05) is 13.2 Å². The molecule has 1 aliphatic heterocycles. The third-order valence-corrected chi connectivity index (χ3v) is 3.39. The zero-order valence-corrected chi connectivity index (χ0v) is 12.0. The topological polar surface area (TPSA) is 72.6 Å². The molecule has 1 aromatic carbocycles. The van der Waals surface area contributed by atoms with Crippen LogP contribution in [-0.2, 0) is 9.59 Å². The number of carbonyl (C=O) groups is 2. The largest absolute Gasteiger partial charge is 0.493 e. The molecule has 0 aliphatic carbocycles. The highest BCUT2D eigenvalue weighted by atomic mass is 16.5. The number of hydrogen-bond donors (Lipinski definition) is 1. The molecule has 0 bridgehead atoms. The molecule has 0 radical (unpaired) electrons. The van der Waals surface area contributed by atoms with Gasteiger partial charge in [0.05, 0.1) is 12.6 Å². The number of fused-ring (bicyclic) bond motifs is 1. The maximum absolute atomic E-state index is 12.2. The van der Waals surface area contributed by atoms with Crippen LogP contribution in [0.5, 0.6) is 5.75 Å². The second kappa shape index (κ2) is 6.80. The van der Waals surface area contributed by atoms with E-state index in [-0.39, 0.29) is 24.9 Å². The molecule has 0 saturated carbocycles. The van der Waals surface area contributed by atoms with E-state index in [1.165, 1.54) is 0 Å². The Labute approximate surface area is 124 Å². The lowest BCUT2D eigenvalue weighted by Gasteiger charge is -2.34. The van der Waals surface area contributed by atoms with Gasteiger partial charge in [-0.3, -0.25) is 9.59 Å². The first-order valence-electron chi connectivity index (χ1n) is 6.87. The molecule has 1 aliphatic rings. The van der Waals surface area contributed by atoms with E-state index in [1.54, 1.807) is 11.8 Å². The van der Waals surface area contributed by atoms with Gasteiger partial charge in [0.2, 0.25) is 5.91 Å². The van der Waals surface area contributed by atoms with Crippen molar-refractivity contribution in [3.05, 3.63) is 29.8 Å². The maximum atomic E-state index is 12.2. The van der Waals surface area contributed by atoms with E-state index in [0.717, 1.165) is 11.3 Å². The van der Waals surface area contributed by atoms with Gasteiger partial charge in [0.1, 0.15) is 5.75 Å². The van der Waals surface area contributed by atoms with E-state index in [0.29, 0.717) is 13.0 Å². The minimum atomic E-state index is -0.433. The summed E-state index contributed by atoms with van der Waals surface area (Å²) < 4.78 is 5.60. The second-order valence-corrected chi connectivity index (χ2v) is 4.78. The highest BCUT2D eigenvalue weighted by molar-refractivity contribution is 5.94. The normalized spacial score (nSPS) is 16.0. The van der Waals surface area contributed by atoms with Gasteiger partial charge >= 0.3 is 0 Å². The lowest BCUT2D eigenvalue weighted by Crippen LogP contribution is -2.38. The van der Waals surface area contributed by atoms with Crippen LogP contribution in [0.2, 0.25) is 0 Å². The van der Waals surface area contributed by atoms with Gasteiger partial charge in [-0.15, -0.1) is 0 Å². The third kappa shape index (κ3) is 3.54. The summed E-state index contributed by atoms with van der Waals surface area (Å²) in [6.45, 7) is 2.41. The summed E-state index contributed by atoms with van der Waals surface area (Å²) in [7, 11) is 0. The second-order valence-electron chi connectivity index (χ2n) is 4.78. The van der Waals surface area contributed by atoms with E-state index >= 15 is 0 Å². The molecular formula is C16H18N2O3. The van der Waals surface area contributed by atoms with Crippen LogP contribution in [0.3, 0.4) is 0 Å². The number of hydrogen-bond acceptors (Lipinski definition) is 3. The van der Waals surface area contributed by atoms with Crippen molar-refractivity contribution in [3.63, 3.8) is 0 Å². The molecule has 0 spiro atoms. The van der Waals surface area contributed by atoms with Gasteiger partial charge in [-0.25, -0.2) is 0 Å². The van der Waals surface area contributed by atoms with Crippen LogP contribution in [0.15, 0.2) is 24.3 Å². The van der Waals surface area contributed by atoms with Crippen molar-refractivity contribution >= 4 is 11.8 Å². The van der Waals surface area contributed by atoms with E-state index in [2.05, 4.69) is 11.8 Å². The summed E-state index contributed by atoms with van der Waals surface area (Å²) in [5, 5.41) is 0. The summed E-state index contributed by atoms with van der Waals surface area (Å²) >= 11 is 0. The number of rotatable bonds is 4. The lowest BCUT2D eigenvalue weighted by molar-refractivity contribution is -0.128. The molecule has 0 fully saturated rings. The number of nitrogens with zero attached hydrogens (tertiary/aromatic N) is 1. The number of ether oxygens (including phenoxy) is 1. The van der Waals surface area contributed by atoms with Gasteiger partial charge < -0.3 is 15.4 Å². The first-order chi connectivity index (χ1) is 10.1. The van der Waals surface area contributed by atoms with Crippen molar-refractivity contribution < 1.29 is 14.3 Å². The van der Waals surface area contributed by atoms with Crippen molar-refractivity contribution in [1.29, 1.82) is 0 Å². The molecule has 0 saturated heterocycles. The fourth-order valence-electron chi connectivity index (χ4n) is 2.46. The van der Waals surface area contributed by atoms with E-state index in [1.807, 2.05) is 24.3 Å². The molecule has 1 unspecified atom stereocenters. The number of nitrogens with two attached hydrogens (primary N) is 1. The Bertz CT molecular complexity index is 601. The van der Waals surface area contributed by atoms with Gasteiger partial charge in [-0.05, 0) is 18.9 Å². The van der Waals surface area contributed by atoms with Crippen LogP contribution in [0.1, 0.15) is 31.4 Å². The van der Waals surface area contributed by atoms with Crippen molar-refractivity contribution in [2.45, 2.75) is 25.8 Å². The first kappa shape index (κ1) is 14.9. The average Bonchev–Trinajstić information content (AvgIpc) is 2.47. The molecule has 5 nitrogen and oxygen atoms in total. The SMILES string of the molecule is CC#CC(=O)N(CCC(N)=O)C1CCOc2ccccc21. The standard InChI is InChI=1S/C16H18N2O3/c1-2-5-16(20)18(10-8-15(17)19)13-9-11-21-14-7-4-3-6-12(13)14/h3-4,6-7,13H,8-11H2,1H3,(H2,17,19). The van der Waals surface area contributed by atoms with Crippen molar-refractivity contribution in [3.8, 4) is 17.6 Å². The predicted octanol–water partition coefficient (Wildman–Crippen LogP) is 1.24. The molecule has 1 atom stereocenters. The Kier molecular flexibility index (Phi) is 4.83. The molecule has 1 heterocycles. The number of amides is 2. The zero-order valence-electron chi connectivity index (χ0n) is 12.0. The molecule has 0 aromatic heterocycles. The summed E-state index contributed by atoms with van der Waals surface area (Å²) in [6, 6.07) is 7.47. The molecule has 110 valence electrons. The molecule has 2 N–H and O–H groups in total. The van der Waals surface area contributed by atoms with Crippen LogP contribution < -0.4 is 10.5 Å². The van der Waals surface area contributed by atoms with Gasteiger partial charge in [-0.1, -0.05) is 24.1 Å². The molecule has 2 amide bonds. The Morgan fingerprint density at radius 3 is 2.90 bits per heavy atom. The highest BCUT2D eigenvalue weighted by Gasteiger charge is 2.29. The fraction of sp³-hybridized carbons (Fsp3) is 0.375. The van der Waals surface area contributed by atoms with Crippen LogP contribution in [-0.4, -0.2) is 29.9 Å². The van der Waals surface area contributed by atoms with Gasteiger partial charge in [0, 0.05) is 24.9 Å². The van der Waals surface area contributed by atoms with Crippen LogP contribution >= 0.6 is 0 Å². The minimum Gasteiger partial charge on any atom is -0.493 e. The lowest BCUT2D eigenvalue weighted by atomic mass is 9.98. The van der Waals surface area contributed by atoms with Crippen LogP contribution in [0, 0.1) is 11.8 Å². The van der Waals surface area contributed by atoms with Gasteiger partial charge in [0.15, 0.2) is 0 Å². The summed E-state index contributed by atoms with van der Waals surface area (Å²) in [5.41, 5.74) is 6.15. The Balaban J connectivity index is 2.29. The number of carbonyl (C=O) groups excluding carboxylic acids is 2. The Morgan fingerprint density at radius 1 is 1.43 bits per heavy atom. The van der Waals surface area contributed by atoms with E-state index in [4.69, 9.17) is 10.5 Å². The number of para-hydroxylation sites is 1. The Hall–Kier alpha value is -2.48. The molecular weight excluding hydrogens is 268 g/mol. The highest BCUT2D eigenvalue weighted by Crippen LogP contribution is 2.35. The molecule has 21 heavy (non-hydrogen) atoms. The number of primary amides is 1. The summed E-state index contributed by atoms with van der Waals surface area (Å²) in [6.07, 6.45) is 0.795. The average molecular weight is 286 g/mol. The zero-order chi connectivity index (χ0) is 15.2. The summed E-state index contributed by atoms with van der Waals surface area (Å²) in [5.74, 6) is 5.20. The van der Waals surface area contributed by atoms with Gasteiger partial charge in [-0.2, -0.15) is 0 Å². The fourth-order valence-corrected chi connectivity index (χ4v) is 2.46. The quantitative estimate of drug-likeness (QED) is 0.846. The van der Waals surface area contributed by atoms with E-state index < -0.39 is 5.91 Å². The minimum absolute atomic E-state index is 0.122. The van der Waals surface area contributed by atoms with Crippen LogP contribution in [0.4, 0.5) is 0 Å². The maximum Gasteiger partial charge on any atom is 0.298 e. The van der Waals surface area contributed by atoms with Crippen LogP contribution in [0.25, 0.3) is 0 Å². The van der Waals surface area contributed by atoms with E-state index in [9.17, 15) is 9.59 Å². The molecule has 5 heteroatoms. The predicted molar refractivity (Wildman–Crippen MR) is 78.3 cm³/mol. The molecule has 1 aromatic rings. The number of benzene rings is 1. The molecule has 2 rings (SSSR count). The van der Waals surface area contributed by atoms with Gasteiger partial charge in [0.25, 0.3) is 5.91 Å². The third-order valence-electron chi connectivity index (χ3n) is 3.39. The van der Waals surface area contributed by atoms with Crippen molar-refractivity contribution in [2.24, 2.45) is 5.73 Å². The monoisotopic (exact) mass is 286 g/mol. The summed E-state index contributed by atoms with van der Waals surface area (Å²) in [4.78, 5) is 24.9. The first-order valence-corrected chi connectivity index (χ1v) is 6.87. The van der Waals surface area contributed by atoms with Crippen molar-refractivity contribution in [1.82, 2.24) is 4.90 Å². The smallest absolute Gasteiger partial charge is 0.298 e. The Morgan fingerprint density at radius 2 is 2.19 bits per heavy atom.